The van der Waals surface area contributed by atoms with Crippen molar-refractivity contribution < 1.29 is 14.6 Å². The van der Waals surface area contributed by atoms with Crippen molar-refractivity contribution in [2.45, 2.75) is 32.1 Å². The van der Waals surface area contributed by atoms with Crippen LogP contribution in [-0.4, -0.2) is 18.2 Å². The first-order valence-corrected chi connectivity index (χ1v) is 7.95. The van der Waals surface area contributed by atoms with Gasteiger partial charge in [0.15, 0.2) is 0 Å². The molecule has 2 unspecified atom stereocenters. The normalized spacial score (nSPS) is 13.6. The van der Waals surface area contributed by atoms with Crippen LogP contribution in [0, 0.1) is 5.92 Å². The van der Waals surface area contributed by atoms with Crippen molar-refractivity contribution in [2.75, 3.05) is 7.11 Å². The van der Waals surface area contributed by atoms with Gasteiger partial charge in [0.2, 0.25) is 0 Å². The molecular formula is C20H24O3. The second-order valence-corrected chi connectivity index (χ2v) is 6.20. The van der Waals surface area contributed by atoms with Crippen molar-refractivity contribution >= 4 is 5.97 Å². The molecule has 0 amide bonds. The van der Waals surface area contributed by atoms with Gasteiger partial charge in [-0.15, -0.1) is 0 Å². The maximum absolute atomic E-state index is 12.1. The smallest absolute Gasteiger partial charge is 0.311 e. The Labute approximate surface area is 137 Å². The van der Waals surface area contributed by atoms with E-state index in [-0.39, 0.29) is 5.92 Å². The first-order chi connectivity index (χ1) is 11.0. The minimum atomic E-state index is -0.798. The van der Waals surface area contributed by atoms with Gasteiger partial charge in [0, 0.05) is 5.92 Å². The van der Waals surface area contributed by atoms with Crippen LogP contribution in [0.25, 0.3) is 0 Å². The number of methoxy groups -OCH3 is 1. The lowest BCUT2D eigenvalue weighted by molar-refractivity contribution is -0.139. The van der Waals surface area contributed by atoms with E-state index < -0.39 is 11.9 Å². The number of benzene rings is 2. The molecule has 0 aromatic heterocycles. The van der Waals surface area contributed by atoms with Gasteiger partial charge in [0.25, 0.3) is 0 Å². The number of carboxylic acid groups (broad SMARTS) is 1. The lowest BCUT2D eigenvalue weighted by Gasteiger charge is -2.27. The van der Waals surface area contributed by atoms with Gasteiger partial charge < -0.3 is 9.84 Å². The predicted molar refractivity (Wildman–Crippen MR) is 92.0 cm³/mol. The van der Waals surface area contributed by atoms with E-state index in [0.717, 1.165) is 23.3 Å². The van der Waals surface area contributed by atoms with Gasteiger partial charge in [0.05, 0.1) is 13.0 Å². The second-order valence-electron chi connectivity index (χ2n) is 6.20. The highest BCUT2D eigenvalue weighted by Crippen LogP contribution is 2.41. The van der Waals surface area contributed by atoms with Gasteiger partial charge in [-0.3, -0.25) is 4.79 Å². The van der Waals surface area contributed by atoms with Crippen LogP contribution in [0.3, 0.4) is 0 Å². The van der Waals surface area contributed by atoms with Crippen molar-refractivity contribution in [3.8, 4) is 5.75 Å². The Morgan fingerprint density at radius 3 is 2.22 bits per heavy atom. The Hall–Kier alpha value is -2.29. The highest BCUT2D eigenvalue weighted by Gasteiger charge is 2.33. The molecule has 122 valence electrons. The summed E-state index contributed by atoms with van der Waals surface area (Å²) in [6, 6.07) is 17.2. The van der Waals surface area contributed by atoms with Crippen molar-refractivity contribution in [2.24, 2.45) is 5.92 Å². The molecule has 0 saturated heterocycles. The maximum Gasteiger partial charge on any atom is 0.311 e. The maximum atomic E-state index is 12.1. The first kappa shape index (κ1) is 17.1. The van der Waals surface area contributed by atoms with Crippen LogP contribution < -0.4 is 4.74 Å². The summed E-state index contributed by atoms with van der Waals surface area (Å²) >= 11 is 0. The summed E-state index contributed by atoms with van der Waals surface area (Å²) in [7, 11) is 1.63. The summed E-state index contributed by atoms with van der Waals surface area (Å²) in [5.41, 5.74) is 1.79. The van der Waals surface area contributed by atoms with Crippen LogP contribution in [0.2, 0.25) is 0 Å². The number of para-hydroxylation sites is 1. The number of ether oxygens (including phenoxy) is 1. The Morgan fingerprint density at radius 2 is 1.65 bits per heavy atom. The van der Waals surface area contributed by atoms with E-state index in [1.807, 2.05) is 54.6 Å². The first-order valence-electron chi connectivity index (χ1n) is 7.95. The van der Waals surface area contributed by atoms with Gasteiger partial charge in [-0.2, -0.15) is 0 Å². The molecule has 0 aliphatic heterocycles. The van der Waals surface area contributed by atoms with E-state index >= 15 is 0 Å². The van der Waals surface area contributed by atoms with Crippen LogP contribution in [-0.2, 0) is 4.79 Å². The average molecular weight is 312 g/mol. The van der Waals surface area contributed by atoms with E-state index in [2.05, 4.69) is 13.8 Å². The van der Waals surface area contributed by atoms with Gasteiger partial charge in [-0.05, 0) is 29.5 Å². The Balaban J connectivity index is 2.53. The minimum Gasteiger partial charge on any atom is -0.496 e. The van der Waals surface area contributed by atoms with Crippen molar-refractivity contribution in [3.05, 3.63) is 65.7 Å². The number of hydrogen-bond donors (Lipinski definition) is 1. The molecule has 0 aliphatic carbocycles. The third-order valence-corrected chi connectivity index (χ3v) is 4.09. The lowest BCUT2D eigenvalue weighted by atomic mass is 9.76. The average Bonchev–Trinajstić information content (AvgIpc) is 2.54. The van der Waals surface area contributed by atoms with Crippen LogP contribution in [0.1, 0.15) is 43.2 Å². The molecule has 2 aromatic carbocycles. The van der Waals surface area contributed by atoms with Gasteiger partial charge >= 0.3 is 5.97 Å². The van der Waals surface area contributed by atoms with Crippen LogP contribution >= 0.6 is 0 Å². The van der Waals surface area contributed by atoms with Gasteiger partial charge in [-0.25, -0.2) is 0 Å². The van der Waals surface area contributed by atoms with Gasteiger partial charge in [-0.1, -0.05) is 62.4 Å². The molecule has 0 spiro atoms. The number of rotatable bonds is 7. The summed E-state index contributed by atoms with van der Waals surface area (Å²) in [6.45, 7) is 4.23. The van der Waals surface area contributed by atoms with E-state index in [1.54, 1.807) is 7.11 Å². The Bertz CT molecular complexity index is 634. The van der Waals surface area contributed by atoms with E-state index in [9.17, 15) is 9.90 Å². The van der Waals surface area contributed by atoms with Crippen LogP contribution in [0.15, 0.2) is 54.6 Å². The van der Waals surface area contributed by atoms with Crippen LogP contribution in [0.5, 0.6) is 5.75 Å². The molecule has 2 aromatic rings. The fourth-order valence-corrected chi connectivity index (χ4v) is 3.13. The van der Waals surface area contributed by atoms with Crippen molar-refractivity contribution in [1.29, 1.82) is 0 Å². The quantitative estimate of drug-likeness (QED) is 0.806. The largest absolute Gasteiger partial charge is 0.496 e. The molecule has 1 N–H and O–H groups in total. The molecule has 0 bridgehead atoms. The fraction of sp³-hybridized carbons (Fsp3) is 0.350. The monoisotopic (exact) mass is 312 g/mol. The molecule has 3 nitrogen and oxygen atoms in total. The molecule has 0 heterocycles. The summed E-state index contributed by atoms with van der Waals surface area (Å²) in [6.07, 6.45) is 0.784. The zero-order valence-electron chi connectivity index (χ0n) is 13.9. The number of aliphatic carboxylic acids is 1. The van der Waals surface area contributed by atoms with Crippen molar-refractivity contribution in [3.63, 3.8) is 0 Å². The Morgan fingerprint density at radius 1 is 1.04 bits per heavy atom. The number of carbonyl (C=O) groups is 1. The molecular weight excluding hydrogens is 288 g/mol. The molecule has 3 heteroatoms. The molecule has 0 saturated carbocycles. The standard InChI is InChI=1S/C20H24O3/c1-14(2)13-17(16-11-7-8-12-18(16)23-3)19(20(21)22)15-9-5-4-6-10-15/h4-12,14,17,19H,13H2,1-3H3,(H,21,22). The zero-order valence-corrected chi connectivity index (χ0v) is 13.9. The van der Waals surface area contributed by atoms with Crippen molar-refractivity contribution in [1.82, 2.24) is 0 Å². The zero-order chi connectivity index (χ0) is 16.8. The predicted octanol–water partition coefficient (Wildman–Crippen LogP) is 4.69. The summed E-state index contributed by atoms with van der Waals surface area (Å²) in [5, 5.41) is 9.89. The Kier molecular flexibility index (Phi) is 5.80. The minimum absolute atomic E-state index is 0.133. The molecule has 2 atom stereocenters. The number of carboxylic acids is 1. The second kappa shape index (κ2) is 7.82. The van der Waals surface area contributed by atoms with E-state index in [4.69, 9.17) is 4.74 Å². The van der Waals surface area contributed by atoms with E-state index in [0.29, 0.717) is 5.92 Å². The highest BCUT2D eigenvalue weighted by atomic mass is 16.5. The van der Waals surface area contributed by atoms with Crippen LogP contribution in [0.4, 0.5) is 0 Å². The topological polar surface area (TPSA) is 46.5 Å². The summed E-state index contributed by atoms with van der Waals surface area (Å²) in [5.74, 6) is -0.385. The molecule has 0 radical (unpaired) electrons. The molecule has 0 aliphatic rings. The number of hydrogen-bond acceptors (Lipinski definition) is 2. The highest BCUT2D eigenvalue weighted by molar-refractivity contribution is 5.78. The summed E-state index contributed by atoms with van der Waals surface area (Å²) < 4.78 is 5.48. The fourth-order valence-electron chi connectivity index (χ4n) is 3.13. The van der Waals surface area contributed by atoms with E-state index in [1.165, 1.54) is 0 Å². The molecule has 2 rings (SSSR count). The SMILES string of the molecule is COc1ccccc1C(CC(C)C)C(C(=O)O)c1ccccc1. The summed E-state index contributed by atoms with van der Waals surface area (Å²) in [4.78, 5) is 12.1. The third kappa shape index (κ3) is 4.13. The molecule has 0 fully saturated rings. The lowest BCUT2D eigenvalue weighted by Crippen LogP contribution is -2.22. The third-order valence-electron chi connectivity index (χ3n) is 4.09. The molecule has 23 heavy (non-hydrogen) atoms. The van der Waals surface area contributed by atoms with Gasteiger partial charge in [0.1, 0.15) is 5.75 Å².